The molecule has 0 amide bonds. The minimum absolute atomic E-state index is 0.406. The molecular formula is C11H14N2O. The molecule has 14 heavy (non-hydrogen) atoms. The summed E-state index contributed by atoms with van der Waals surface area (Å²) in [5.74, 6) is 0. The number of aromatic nitrogens is 1. The Hall–Kier alpha value is -1.27. The second-order valence-electron chi connectivity index (χ2n) is 3.62. The molecule has 0 N–H and O–H groups in total. The van der Waals surface area contributed by atoms with Gasteiger partial charge in [-0.15, -0.1) is 0 Å². The van der Waals surface area contributed by atoms with Gasteiger partial charge >= 0.3 is 0 Å². The molecule has 1 unspecified atom stereocenters. The number of hydrogen-bond donors (Lipinski definition) is 0. The average Bonchev–Trinajstić information content (AvgIpc) is 2.85. The molecule has 1 aliphatic heterocycles. The Kier molecular flexibility index (Phi) is 2.85. The van der Waals surface area contributed by atoms with E-state index in [0.717, 1.165) is 25.3 Å². The fourth-order valence-corrected chi connectivity index (χ4v) is 1.87. The van der Waals surface area contributed by atoms with Crippen LogP contribution in [0.5, 0.6) is 0 Å². The molecule has 0 bridgehead atoms. The first-order valence-corrected chi connectivity index (χ1v) is 5.07. The minimum atomic E-state index is 0.406. The molecule has 1 fully saturated rings. The Morgan fingerprint density at radius 2 is 2.57 bits per heavy atom. The molecule has 2 rings (SSSR count). The lowest BCUT2D eigenvalue weighted by Crippen LogP contribution is -2.10. The van der Waals surface area contributed by atoms with Crippen LogP contribution >= 0.6 is 0 Å². The van der Waals surface area contributed by atoms with Gasteiger partial charge in [-0.2, -0.15) is 5.26 Å². The quantitative estimate of drug-likeness (QED) is 0.730. The normalized spacial score (nSPS) is 20.9. The predicted molar refractivity (Wildman–Crippen MR) is 52.7 cm³/mol. The van der Waals surface area contributed by atoms with E-state index in [2.05, 4.69) is 6.07 Å². The van der Waals surface area contributed by atoms with Gasteiger partial charge in [-0.05, 0) is 31.4 Å². The number of aryl methyl sites for hydroxylation is 1. The summed E-state index contributed by atoms with van der Waals surface area (Å²) in [6.45, 7) is 1.79. The van der Waals surface area contributed by atoms with Crippen LogP contribution in [0.3, 0.4) is 0 Å². The highest BCUT2D eigenvalue weighted by atomic mass is 16.5. The third kappa shape index (κ3) is 1.97. The minimum Gasteiger partial charge on any atom is -0.378 e. The van der Waals surface area contributed by atoms with Crippen LogP contribution in [-0.2, 0) is 11.3 Å². The van der Waals surface area contributed by atoms with Crippen LogP contribution in [0.1, 0.15) is 25.0 Å². The van der Waals surface area contributed by atoms with E-state index < -0.39 is 0 Å². The van der Waals surface area contributed by atoms with E-state index in [4.69, 9.17) is 10.00 Å². The molecule has 0 spiro atoms. The van der Waals surface area contributed by atoms with Crippen molar-refractivity contribution in [1.82, 2.24) is 4.57 Å². The van der Waals surface area contributed by atoms with Crippen LogP contribution in [0, 0.1) is 11.3 Å². The van der Waals surface area contributed by atoms with Crippen LogP contribution in [0.2, 0.25) is 0 Å². The number of nitrogens with zero attached hydrogens (tertiary/aromatic N) is 2. The summed E-state index contributed by atoms with van der Waals surface area (Å²) in [7, 11) is 0. The van der Waals surface area contributed by atoms with Crippen molar-refractivity contribution in [3.05, 3.63) is 24.0 Å². The van der Waals surface area contributed by atoms with Gasteiger partial charge in [-0.1, -0.05) is 0 Å². The molecule has 0 aromatic carbocycles. The van der Waals surface area contributed by atoms with Crippen LogP contribution in [0.25, 0.3) is 0 Å². The van der Waals surface area contributed by atoms with E-state index in [1.54, 1.807) is 0 Å². The molecule has 1 atom stereocenters. The lowest BCUT2D eigenvalue weighted by molar-refractivity contribution is 0.100. The van der Waals surface area contributed by atoms with Crippen molar-refractivity contribution in [2.75, 3.05) is 6.61 Å². The second kappa shape index (κ2) is 4.30. The molecule has 2 heterocycles. The third-order valence-electron chi connectivity index (χ3n) is 2.66. The van der Waals surface area contributed by atoms with Crippen molar-refractivity contribution >= 4 is 0 Å². The van der Waals surface area contributed by atoms with Crippen LogP contribution in [0.4, 0.5) is 0 Å². The zero-order valence-electron chi connectivity index (χ0n) is 8.15. The fourth-order valence-electron chi connectivity index (χ4n) is 1.87. The van der Waals surface area contributed by atoms with Gasteiger partial charge < -0.3 is 9.30 Å². The van der Waals surface area contributed by atoms with Crippen molar-refractivity contribution < 1.29 is 4.74 Å². The van der Waals surface area contributed by atoms with Crippen LogP contribution in [0.15, 0.2) is 18.3 Å². The largest absolute Gasteiger partial charge is 0.378 e. The Labute approximate surface area is 83.9 Å². The van der Waals surface area contributed by atoms with E-state index in [1.807, 2.05) is 22.9 Å². The Bertz CT molecular complexity index is 331. The monoisotopic (exact) mass is 190 g/mol. The molecule has 0 saturated carbocycles. The van der Waals surface area contributed by atoms with E-state index in [0.29, 0.717) is 6.10 Å². The molecule has 1 aromatic heterocycles. The Morgan fingerprint density at radius 1 is 1.64 bits per heavy atom. The molecule has 74 valence electrons. The summed E-state index contributed by atoms with van der Waals surface area (Å²) in [6.07, 6.45) is 5.73. The van der Waals surface area contributed by atoms with Crippen LogP contribution < -0.4 is 0 Å². The van der Waals surface area contributed by atoms with Gasteiger partial charge in [0.1, 0.15) is 11.8 Å². The lowest BCUT2D eigenvalue weighted by atomic mass is 10.2. The zero-order valence-corrected chi connectivity index (χ0v) is 8.15. The lowest BCUT2D eigenvalue weighted by Gasteiger charge is -2.10. The third-order valence-corrected chi connectivity index (χ3v) is 2.66. The molecule has 3 heteroatoms. The maximum Gasteiger partial charge on any atom is 0.120 e. The molecular weight excluding hydrogens is 176 g/mol. The first-order chi connectivity index (χ1) is 6.90. The maximum atomic E-state index is 8.80. The van der Waals surface area contributed by atoms with Gasteiger partial charge in [0.25, 0.3) is 0 Å². The molecule has 3 nitrogen and oxygen atoms in total. The Morgan fingerprint density at radius 3 is 3.29 bits per heavy atom. The summed E-state index contributed by atoms with van der Waals surface area (Å²) in [5, 5.41) is 8.80. The summed E-state index contributed by atoms with van der Waals surface area (Å²) in [4.78, 5) is 0. The molecule has 1 saturated heterocycles. The first-order valence-electron chi connectivity index (χ1n) is 5.07. The van der Waals surface area contributed by atoms with Gasteiger partial charge in [0.05, 0.1) is 6.10 Å². The summed E-state index contributed by atoms with van der Waals surface area (Å²) < 4.78 is 7.52. The Balaban J connectivity index is 1.88. The van der Waals surface area contributed by atoms with Crippen molar-refractivity contribution in [1.29, 1.82) is 5.26 Å². The van der Waals surface area contributed by atoms with Crippen molar-refractivity contribution in [3.8, 4) is 6.07 Å². The van der Waals surface area contributed by atoms with Crippen molar-refractivity contribution in [3.63, 3.8) is 0 Å². The predicted octanol–water partition coefficient (Wildman–Crippen LogP) is 1.93. The van der Waals surface area contributed by atoms with Crippen LogP contribution in [-0.4, -0.2) is 17.3 Å². The smallest absolute Gasteiger partial charge is 0.120 e. The first kappa shape index (κ1) is 9.29. The molecule has 0 radical (unpaired) electrons. The summed E-state index contributed by atoms with van der Waals surface area (Å²) in [5.41, 5.74) is 0.739. The number of hydrogen-bond acceptors (Lipinski definition) is 2. The number of nitriles is 1. The van der Waals surface area contributed by atoms with Gasteiger partial charge in [-0.25, -0.2) is 0 Å². The standard InChI is InChI=1S/C11H14N2O/c12-9-10-3-1-6-13(10)7-5-11-4-2-8-14-11/h1,3,6,11H,2,4-5,7-8H2. The van der Waals surface area contributed by atoms with E-state index in [9.17, 15) is 0 Å². The van der Waals surface area contributed by atoms with Gasteiger partial charge in [-0.3, -0.25) is 0 Å². The molecule has 1 aromatic rings. The van der Waals surface area contributed by atoms with E-state index in [1.165, 1.54) is 12.8 Å². The zero-order chi connectivity index (χ0) is 9.80. The van der Waals surface area contributed by atoms with Gasteiger partial charge in [0.15, 0.2) is 0 Å². The molecule has 0 aliphatic carbocycles. The highest BCUT2D eigenvalue weighted by Crippen LogP contribution is 2.16. The SMILES string of the molecule is N#Cc1cccn1CCC1CCCO1. The van der Waals surface area contributed by atoms with E-state index in [-0.39, 0.29) is 0 Å². The van der Waals surface area contributed by atoms with Crippen molar-refractivity contribution in [2.45, 2.75) is 31.9 Å². The average molecular weight is 190 g/mol. The maximum absolute atomic E-state index is 8.80. The molecule has 1 aliphatic rings. The topological polar surface area (TPSA) is 38.0 Å². The highest BCUT2D eigenvalue weighted by molar-refractivity contribution is 5.21. The van der Waals surface area contributed by atoms with Gasteiger partial charge in [0.2, 0.25) is 0 Å². The highest BCUT2D eigenvalue weighted by Gasteiger charge is 2.15. The summed E-state index contributed by atoms with van der Waals surface area (Å²) >= 11 is 0. The fraction of sp³-hybridized carbons (Fsp3) is 0.545. The van der Waals surface area contributed by atoms with Crippen molar-refractivity contribution in [2.24, 2.45) is 0 Å². The number of ether oxygens (including phenoxy) is 1. The second-order valence-corrected chi connectivity index (χ2v) is 3.62. The number of rotatable bonds is 3. The van der Waals surface area contributed by atoms with E-state index >= 15 is 0 Å². The summed E-state index contributed by atoms with van der Waals surface area (Å²) in [6, 6.07) is 5.93. The van der Waals surface area contributed by atoms with Gasteiger partial charge in [0, 0.05) is 19.3 Å².